The molecule has 0 bridgehead atoms. The first-order chi connectivity index (χ1) is 9.85. The first-order valence-corrected chi connectivity index (χ1v) is 6.86. The number of hydrogen-bond donors (Lipinski definition) is 3. The number of nitrogens with one attached hydrogen (secondary N) is 2. The standard InChI is InChI=1S/C12H14BrN3O5/c1-2-7(11(17)18)6-14-12(19)15-8-3-4-9(13)10(5-8)16(20)21/h3-5,7H,2,6H2,1H3,(H,17,18)(H2,14,15,19). The number of aliphatic carboxylic acids is 1. The van der Waals surface area contributed by atoms with Crippen molar-refractivity contribution in [1.29, 1.82) is 0 Å². The number of rotatable bonds is 6. The molecule has 0 saturated heterocycles. The highest BCUT2D eigenvalue weighted by molar-refractivity contribution is 9.10. The van der Waals surface area contributed by atoms with Crippen molar-refractivity contribution in [3.63, 3.8) is 0 Å². The molecule has 1 aromatic carbocycles. The fourth-order valence-electron chi connectivity index (χ4n) is 1.53. The van der Waals surface area contributed by atoms with Crippen LogP contribution < -0.4 is 10.6 Å². The topological polar surface area (TPSA) is 122 Å². The van der Waals surface area contributed by atoms with E-state index in [9.17, 15) is 19.7 Å². The van der Waals surface area contributed by atoms with Gasteiger partial charge >= 0.3 is 12.0 Å². The zero-order valence-corrected chi connectivity index (χ0v) is 12.7. The Balaban J connectivity index is 2.65. The maximum atomic E-state index is 11.6. The second-order valence-electron chi connectivity index (χ2n) is 4.20. The molecule has 0 radical (unpaired) electrons. The average Bonchev–Trinajstić information content (AvgIpc) is 2.41. The Bertz CT molecular complexity index is 564. The average molecular weight is 360 g/mol. The van der Waals surface area contributed by atoms with Gasteiger partial charge in [0.05, 0.1) is 15.3 Å². The third-order valence-corrected chi connectivity index (χ3v) is 3.42. The molecule has 114 valence electrons. The molecule has 21 heavy (non-hydrogen) atoms. The highest BCUT2D eigenvalue weighted by Crippen LogP contribution is 2.27. The van der Waals surface area contributed by atoms with E-state index in [1.165, 1.54) is 18.2 Å². The monoisotopic (exact) mass is 359 g/mol. The third-order valence-electron chi connectivity index (χ3n) is 2.75. The van der Waals surface area contributed by atoms with Crippen LogP contribution in [0.1, 0.15) is 13.3 Å². The summed E-state index contributed by atoms with van der Waals surface area (Å²) >= 11 is 3.04. The van der Waals surface area contributed by atoms with Crippen LogP contribution in [0.5, 0.6) is 0 Å². The second-order valence-corrected chi connectivity index (χ2v) is 5.06. The molecule has 9 heteroatoms. The van der Waals surface area contributed by atoms with Crippen molar-refractivity contribution in [2.75, 3.05) is 11.9 Å². The van der Waals surface area contributed by atoms with Crippen LogP contribution in [-0.4, -0.2) is 28.6 Å². The van der Waals surface area contributed by atoms with Crippen molar-refractivity contribution in [3.8, 4) is 0 Å². The van der Waals surface area contributed by atoms with E-state index in [0.29, 0.717) is 10.9 Å². The minimum absolute atomic E-state index is 0.0176. The van der Waals surface area contributed by atoms with Crippen LogP contribution in [0.2, 0.25) is 0 Å². The van der Waals surface area contributed by atoms with E-state index in [1.807, 2.05) is 0 Å². The van der Waals surface area contributed by atoms with Crippen molar-refractivity contribution in [1.82, 2.24) is 5.32 Å². The molecule has 0 aromatic heterocycles. The number of carboxylic acid groups (broad SMARTS) is 1. The number of carbonyl (C=O) groups is 2. The number of amides is 2. The molecule has 8 nitrogen and oxygen atoms in total. The molecule has 1 unspecified atom stereocenters. The molecule has 1 aromatic rings. The van der Waals surface area contributed by atoms with E-state index in [4.69, 9.17) is 5.11 Å². The smallest absolute Gasteiger partial charge is 0.319 e. The van der Waals surface area contributed by atoms with Crippen molar-refractivity contribution in [2.24, 2.45) is 5.92 Å². The molecule has 0 aliphatic heterocycles. The van der Waals surface area contributed by atoms with Crippen molar-refractivity contribution in [3.05, 3.63) is 32.8 Å². The zero-order valence-electron chi connectivity index (χ0n) is 11.1. The predicted octanol–water partition coefficient (Wildman–Crippen LogP) is 2.59. The summed E-state index contributed by atoms with van der Waals surface area (Å²) in [7, 11) is 0. The lowest BCUT2D eigenvalue weighted by Crippen LogP contribution is -2.35. The number of nitro groups is 1. The second kappa shape index (κ2) is 7.58. The molecule has 0 fully saturated rings. The van der Waals surface area contributed by atoms with E-state index in [-0.39, 0.29) is 17.9 Å². The molecular formula is C12H14BrN3O5. The largest absolute Gasteiger partial charge is 0.481 e. The van der Waals surface area contributed by atoms with Gasteiger partial charge in [-0.3, -0.25) is 14.9 Å². The lowest BCUT2D eigenvalue weighted by molar-refractivity contribution is -0.385. The number of carboxylic acids is 1. The van der Waals surface area contributed by atoms with Gasteiger partial charge in [-0.15, -0.1) is 0 Å². The molecule has 1 atom stereocenters. The summed E-state index contributed by atoms with van der Waals surface area (Å²) in [5.41, 5.74) is 0.0653. The van der Waals surface area contributed by atoms with Crippen molar-refractivity contribution < 1.29 is 19.6 Å². The van der Waals surface area contributed by atoms with Crippen LogP contribution in [-0.2, 0) is 4.79 Å². The molecule has 3 N–H and O–H groups in total. The molecule has 0 spiro atoms. The van der Waals surface area contributed by atoms with E-state index in [0.717, 1.165) is 0 Å². The van der Waals surface area contributed by atoms with Crippen molar-refractivity contribution in [2.45, 2.75) is 13.3 Å². The summed E-state index contributed by atoms with van der Waals surface area (Å²) in [5.74, 6) is -1.66. The van der Waals surface area contributed by atoms with Gasteiger partial charge < -0.3 is 15.7 Å². The summed E-state index contributed by atoms with van der Waals surface area (Å²) in [6.45, 7) is 1.69. The molecule has 0 aliphatic carbocycles. The van der Waals surface area contributed by atoms with Crippen LogP contribution in [0, 0.1) is 16.0 Å². The summed E-state index contributed by atoms with van der Waals surface area (Å²) in [6.07, 6.45) is 0.388. The lowest BCUT2D eigenvalue weighted by Gasteiger charge is -2.12. The SMILES string of the molecule is CCC(CNC(=O)Nc1ccc(Br)c([N+](=O)[O-])c1)C(=O)O. The third kappa shape index (κ3) is 5.03. The summed E-state index contributed by atoms with van der Waals surface area (Å²) < 4.78 is 0.301. The van der Waals surface area contributed by atoms with Gasteiger partial charge in [0.25, 0.3) is 5.69 Å². The summed E-state index contributed by atoms with van der Waals surface area (Å²) in [5, 5.41) is 24.5. The molecule has 0 aliphatic rings. The molecule has 0 heterocycles. The van der Waals surface area contributed by atoms with Crippen LogP contribution in [0.4, 0.5) is 16.2 Å². The maximum absolute atomic E-state index is 11.6. The van der Waals surface area contributed by atoms with Gasteiger partial charge in [0.1, 0.15) is 0 Å². The van der Waals surface area contributed by atoms with Gasteiger partial charge in [0.15, 0.2) is 0 Å². The van der Waals surface area contributed by atoms with E-state index >= 15 is 0 Å². The maximum Gasteiger partial charge on any atom is 0.319 e. The normalized spacial score (nSPS) is 11.5. The number of halogens is 1. The fourth-order valence-corrected chi connectivity index (χ4v) is 1.92. The number of hydrogen-bond acceptors (Lipinski definition) is 4. The van der Waals surface area contributed by atoms with Gasteiger partial charge in [-0.1, -0.05) is 6.92 Å². The first-order valence-electron chi connectivity index (χ1n) is 6.06. The summed E-state index contributed by atoms with van der Waals surface area (Å²) in [4.78, 5) is 32.6. The van der Waals surface area contributed by atoms with Crippen molar-refractivity contribution >= 4 is 39.3 Å². The van der Waals surface area contributed by atoms with E-state index in [1.54, 1.807) is 6.92 Å². The van der Waals surface area contributed by atoms with Crippen LogP contribution in [0.15, 0.2) is 22.7 Å². The highest BCUT2D eigenvalue weighted by atomic mass is 79.9. The fraction of sp³-hybridized carbons (Fsp3) is 0.333. The Labute approximate surface area is 128 Å². The van der Waals surface area contributed by atoms with Crippen LogP contribution >= 0.6 is 15.9 Å². The Kier molecular flexibility index (Phi) is 6.10. The molecular weight excluding hydrogens is 346 g/mol. The van der Waals surface area contributed by atoms with Gasteiger partial charge in [-0.05, 0) is 34.5 Å². The van der Waals surface area contributed by atoms with E-state index < -0.39 is 22.8 Å². The number of nitrogens with zero attached hydrogens (tertiary/aromatic N) is 1. The van der Waals surface area contributed by atoms with Gasteiger partial charge in [-0.25, -0.2) is 4.79 Å². The quantitative estimate of drug-likeness (QED) is 0.532. The Hall–Kier alpha value is -2.16. The number of benzene rings is 1. The van der Waals surface area contributed by atoms with Crippen LogP contribution in [0.3, 0.4) is 0 Å². The first kappa shape index (κ1) is 16.9. The van der Waals surface area contributed by atoms with Gasteiger partial charge in [-0.2, -0.15) is 0 Å². The predicted molar refractivity (Wildman–Crippen MR) is 79.2 cm³/mol. The highest BCUT2D eigenvalue weighted by Gasteiger charge is 2.17. The van der Waals surface area contributed by atoms with E-state index in [2.05, 4.69) is 26.6 Å². The molecule has 1 rings (SSSR count). The summed E-state index contributed by atoms with van der Waals surface area (Å²) in [6, 6.07) is 3.52. The minimum Gasteiger partial charge on any atom is -0.481 e. The number of urea groups is 1. The number of carbonyl (C=O) groups excluding carboxylic acids is 1. The Morgan fingerprint density at radius 1 is 1.48 bits per heavy atom. The number of anilines is 1. The van der Waals surface area contributed by atoms with Gasteiger partial charge in [0, 0.05) is 18.3 Å². The number of nitro benzene ring substituents is 1. The molecule has 2 amide bonds. The van der Waals surface area contributed by atoms with Crippen LogP contribution in [0.25, 0.3) is 0 Å². The Morgan fingerprint density at radius 2 is 2.14 bits per heavy atom. The van der Waals surface area contributed by atoms with Gasteiger partial charge in [0.2, 0.25) is 0 Å². The minimum atomic E-state index is -0.989. The molecule has 0 saturated carbocycles. The zero-order chi connectivity index (χ0) is 16.0. The Morgan fingerprint density at radius 3 is 2.67 bits per heavy atom. The lowest BCUT2D eigenvalue weighted by atomic mass is 10.1.